The highest BCUT2D eigenvalue weighted by Gasteiger charge is 2.22. The number of aryl methyl sites for hydroxylation is 1. The first kappa shape index (κ1) is 23.5. The molecule has 6 nitrogen and oxygen atoms in total. The smallest absolute Gasteiger partial charge is 0.233 e. The lowest BCUT2D eigenvalue weighted by Crippen LogP contribution is -2.31. The maximum Gasteiger partial charge on any atom is 0.233 e. The number of hydrogen-bond donors (Lipinski definition) is 1. The SMILES string of the molecule is Cc1ccc(CNC(=O)C(C)Sc2nnc(CN3CCCCC3)n2Cc2ccccc2)cc1. The van der Waals surface area contributed by atoms with Gasteiger partial charge in [-0.25, -0.2) is 0 Å². The Morgan fingerprint density at radius 2 is 1.70 bits per heavy atom. The molecule has 0 spiro atoms. The molecule has 1 atom stereocenters. The van der Waals surface area contributed by atoms with Crippen molar-refractivity contribution < 1.29 is 4.79 Å². The number of amides is 1. The molecule has 33 heavy (non-hydrogen) atoms. The summed E-state index contributed by atoms with van der Waals surface area (Å²) >= 11 is 1.48. The van der Waals surface area contributed by atoms with Gasteiger partial charge in [-0.3, -0.25) is 9.69 Å². The predicted octanol–water partition coefficient (Wildman–Crippen LogP) is 4.42. The summed E-state index contributed by atoms with van der Waals surface area (Å²) in [6, 6.07) is 18.6. The number of nitrogens with one attached hydrogen (secondary N) is 1. The fourth-order valence-corrected chi connectivity index (χ4v) is 4.91. The topological polar surface area (TPSA) is 63.1 Å². The molecule has 2 heterocycles. The third kappa shape index (κ3) is 6.68. The Bertz CT molecular complexity index is 1030. The van der Waals surface area contributed by atoms with Gasteiger partial charge in [0.2, 0.25) is 5.91 Å². The van der Waals surface area contributed by atoms with Gasteiger partial charge < -0.3 is 9.88 Å². The van der Waals surface area contributed by atoms with Gasteiger partial charge in [0.05, 0.1) is 18.3 Å². The van der Waals surface area contributed by atoms with Crippen molar-refractivity contribution in [3.8, 4) is 0 Å². The van der Waals surface area contributed by atoms with E-state index in [2.05, 4.69) is 80.4 Å². The average molecular weight is 464 g/mol. The van der Waals surface area contributed by atoms with E-state index >= 15 is 0 Å². The van der Waals surface area contributed by atoms with E-state index in [0.717, 1.165) is 36.2 Å². The third-order valence-electron chi connectivity index (χ3n) is 6.03. The summed E-state index contributed by atoms with van der Waals surface area (Å²) in [7, 11) is 0. The molecule has 1 unspecified atom stereocenters. The zero-order chi connectivity index (χ0) is 23.0. The molecule has 1 N–H and O–H groups in total. The van der Waals surface area contributed by atoms with Gasteiger partial charge in [-0.1, -0.05) is 78.3 Å². The summed E-state index contributed by atoms with van der Waals surface area (Å²) < 4.78 is 2.18. The van der Waals surface area contributed by atoms with Crippen LogP contribution in [0.2, 0.25) is 0 Å². The summed E-state index contributed by atoms with van der Waals surface area (Å²) in [4.78, 5) is 15.2. The molecule has 4 rings (SSSR count). The second kappa shape index (κ2) is 11.5. The summed E-state index contributed by atoms with van der Waals surface area (Å²) in [6.45, 7) is 8.25. The zero-order valence-electron chi connectivity index (χ0n) is 19.5. The molecule has 1 fully saturated rings. The zero-order valence-corrected chi connectivity index (χ0v) is 20.4. The fraction of sp³-hybridized carbons (Fsp3) is 0.423. The van der Waals surface area contributed by atoms with Crippen LogP contribution < -0.4 is 5.32 Å². The molecule has 3 aromatic rings. The Morgan fingerprint density at radius 3 is 2.42 bits per heavy atom. The molecule has 0 bridgehead atoms. The Hall–Kier alpha value is -2.64. The first-order valence-corrected chi connectivity index (χ1v) is 12.6. The van der Waals surface area contributed by atoms with Crippen molar-refractivity contribution in [3.63, 3.8) is 0 Å². The number of carbonyl (C=O) groups is 1. The lowest BCUT2D eigenvalue weighted by Gasteiger charge is -2.26. The Kier molecular flexibility index (Phi) is 8.18. The highest BCUT2D eigenvalue weighted by Crippen LogP contribution is 2.25. The van der Waals surface area contributed by atoms with Crippen molar-refractivity contribution in [3.05, 3.63) is 77.1 Å². The van der Waals surface area contributed by atoms with E-state index in [1.807, 2.05) is 13.0 Å². The average Bonchev–Trinajstić information content (AvgIpc) is 3.20. The lowest BCUT2D eigenvalue weighted by molar-refractivity contribution is -0.120. The van der Waals surface area contributed by atoms with Crippen LogP contribution in [0, 0.1) is 6.92 Å². The van der Waals surface area contributed by atoms with Crippen molar-refractivity contribution in [1.29, 1.82) is 0 Å². The molecule has 1 saturated heterocycles. The van der Waals surface area contributed by atoms with E-state index in [9.17, 15) is 4.79 Å². The number of hydrogen-bond acceptors (Lipinski definition) is 5. The minimum absolute atomic E-state index is 0.00687. The van der Waals surface area contributed by atoms with Gasteiger partial charge in [-0.05, 0) is 50.9 Å². The quantitative estimate of drug-likeness (QED) is 0.476. The maximum atomic E-state index is 12.8. The molecule has 174 valence electrons. The first-order valence-electron chi connectivity index (χ1n) is 11.8. The van der Waals surface area contributed by atoms with E-state index in [1.165, 1.54) is 42.2 Å². The summed E-state index contributed by atoms with van der Waals surface area (Å²) in [5, 5.41) is 12.6. The Labute approximate surface area is 200 Å². The van der Waals surface area contributed by atoms with Crippen LogP contribution in [0.5, 0.6) is 0 Å². The number of likely N-dealkylation sites (tertiary alicyclic amines) is 1. The van der Waals surface area contributed by atoms with Crippen molar-refractivity contribution in [1.82, 2.24) is 25.0 Å². The van der Waals surface area contributed by atoms with Crippen LogP contribution in [-0.2, 0) is 24.4 Å². The predicted molar refractivity (Wildman–Crippen MR) is 133 cm³/mol. The largest absolute Gasteiger partial charge is 0.351 e. The monoisotopic (exact) mass is 463 g/mol. The highest BCUT2D eigenvalue weighted by atomic mass is 32.2. The van der Waals surface area contributed by atoms with E-state index in [-0.39, 0.29) is 11.2 Å². The Balaban J connectivity index is 1.44. The van der Waals surface area contributed by atoms with Crippen molar-refractivity contribution >= 4 is 17.7 Å². The molecule has 1 aromatic heterocycles. The van der Waals surface area contributed by atoms with Gasteiger partial charge in [0.1, 0.15) is 5.82 Å². The van der Waals surface area contributed by atoms with E-state index in [1.54, 1.807) is 0 Å². The minimum Gasteiger partial charge on any atom is -0.351 e. The fourth-order valence-electron chi connectivity index (χ4n) is 4.02. The second-order valence-electron chi connectivity index (χ2n) is 8.77. The van der Waals surface area contributed by atoms with Gasteiger partial charge in [0.25, 0.3) is 0 Å². The number of thioether (sulfide) groups is 1. The summed E-state index contributed by atoms with van der Waals surface area (Å²) in [6.07, 6.45) is 3.79. The highest BCUT2D eigenvalue weighted by molar-refractivity contribution is 8.00. The summed E-state index contributed by atoms with van der Waals surface area (Å²) in [5.74, 6) is 0.975. The Morgan fingerprint density at radius 1 is 0.970 bits per heavy atom. The first-order chi connectivity index (χ1) is 16.1. The van der Waals surface area contributed by atoms with Crippen LogP contribution >= 0.6 is 11.8 Å². The van der Waals surface area contributed by atoms with Crippen LogP contribution in [0.3, 0.4) is 0 Å². The number of rotatable bonds is 9. The number of piperidine rings is 1. The number of nitrogens with zero attached hydrogens (tertiary/aromatic N) is 4. The van der Waals surface area contributed by atoms with Gasteiger partial charge in [-0.15, -0.1) is 10.2 Å². The molecule has 0 aliphatic carbocycles. The molecule has 1 aliphatic heterocycles. The van der Waals surface area contributed by atoms with Crippen LogP contribution in [0.1, 0.15) is 48.7 Å². The minimum atomic E-state index is -0.267. The third-order valence-corrected chi connectivity index (χ3v) is 7.11. The molecule has 0 saturated carbocycles. The van der Waals surface area contributed by atoms with Crippen molar-refractivity contribution in [2.45, 2.75) is 63.2 Å². The summed E-state index contributed by atoms with van der Waals surface area (Å²) in [5.41, 5.74) is 3.52. The molecule has 1 amide bonds. The lowest BCUT2D eigenvalue weighted by atomic mass is 10.1. The maximum absolute atomic E-state index is 12.8. The van der Waals surface area contributed by atoms with Crippen LogP contribution in [0.25, 0.3) is 0 Å². The van der Waals surface area contributed by atoms with E-state index < -0.39 is 0 Å². The van der Waals surface area contributed by atoms with Crippen LogP contribution in [0.4, 0.5) is 0 Å². The molecule has 7 heteroatoms. The van der Waals surface area contributed by atoms with Crippen LogP contribution in [0.15, 0.2) is 59.8 Å². The molecule has 1 aliphatic rings. The van der Waals surface area contributed by atoms with Gasteiger partial charge in [0.15, 0.2) is 5.16 Å². The molecular weight excluding hydrogens is 430 g/mol. The van der Waals surface area contributed by atoms with Gasteiger partial charge in [0, 0.05) is 6.54 Å². The number of carbonyl (C=O) groups excluding carboxylic acids is 1. The van der Waals surface area contributed by atoms with E-state index in [0.29, 0.717) is 13.1 Å². The standard InChI is InChI=1S/C26H33N5OS/c1-20-11-13-22(14-12-20)17-27-25(32)21(2)33-26-29-28-24(19-30-15-7-4-8-16-30)31(26)18-23-9-5-3-6-10-23/h3,5-6,9-14,21H,4,7-8,15-19H2,1-2H3,(H,27,32). The molecule has 0 radical (unpaired) electrons. The molecular formula is C26H33N5OS. The van der Waals surface area contributed by atoms with Gasteiger partial charge in [-0.2, -0.15) is 0 Å². The van der Waals surface area contributed by atoms with E-state index in [4.69, 9.17) is 0 Å². The molecule has 2 aromatic carbocycles. The van der Waals surface area contributed by atoms with Crippen LogP contribution in [-0.4, -0.2) is 43.9 Å². The normalized spacial score (nSPS) is 15.3. The van der Waals surface area contributed by atoms with Crippen molar-refractivity contribution in [2.24, 2.45) is 0 Å². The van der Waals surface area contributed by atoms with Gasteiger partial charge >= 0.3 is 0 Å². The number of benzene rings is 2. The second-order valence-corrected chi connectivity index (χ2v) is 10.1. The number of aromatic nitrogens is 3. The van der Waals surface area contributed by atoms with Crippen molar-refractivity contribution in [2.75, 3.05) is 13.1 Å².